The zero-order valence-corrected chi connectivity index (χ0v) is 20.6. The van der Waals surface area contributed by atoms with Crippen LogP contribution in [0.3, 0.4) is 0 Å². The fraction of sp³-hybridized carbons (Fsp3) is 0.167. The van der Waals surface area contributed by atoms with Crippen LogP contribution >= 0.6 is 60.0 Å². The molecule has 7 nitrogen and oxygen atoms in total. The van der Waals surface area contributed by atoms with E-state index in [0.29, 0.717) is 16.0 Å². The number of benzene rings is 2. The highest BCUT2D eigenvalue weighted by atomic mass is 79.9. The normalized spacial score (nSPS) is 10.1. The molecule has 0 spiro atoms. The molecule has 0 saturated carbocycles. The minimum Gasteiger partial charge on any atom is -0.484 e. The number of aryl methyl sites for hydroxylation is 1. The van der Waals surface area contributed by atoms with E-state index in [0.717, 1.165) is 14.5 Å². The molecule has 2 amide bonds. The van der Waals surface area contributed by atoms with Gasteiger partial charge >= 0.3 is 0 Å². The van der Waals surface area contributed by atoms with Gasteiger partial charge < -0.3 is 9.47 Å². The lowest BCUT2D eigenvalue weighted by atomic mass is 10.2. The van der Waals surface area contributed by atoms with Gasteiger partial charge in [0.15, 0.2) is 18.3 Å². The molecule has 11 heteroatoms. The first-order valence-corrected chi connectivity index (χ1v) is 10.9. The molecular formula is C18H16Br3N3O4S. The second kappa shape index (κ2) is 11.5. The summed E-state index contributed by atoms with van der Waals surface area (Å²) in [5.41, 5.74) is 5.75. The Morgan fingerprint density at radius 2 is 1.66 bits per heavy atom. The van der Waals surface area contributed by atoms with Crippen LogP contribution in [0.2, 0.25) is 0 Å². The lowest BCUT2D eigenvalue weighted by molar-refractivity contribution is -0.124. The quantitative estimate of drug-likeness (QED) is 0.342. The average molecular weight is 610 g/mol. The molecule has 0 aliphatic carbocycles. The minimum atomic E-state index is -0.474. The van der Waals surface area contributed by atoms with Gasteiger partial charge in [-0.3, -0.25) is 25.8 Å². The summed E-state index contributed by atoms with van der Waals surface area (Å²) in [7, 11) is 0. The highest BCUT2D eigenvalue weighted by molar-refractivity contribution is 9.11. The number of rotatable bonds is 6. The van der Waals surface area contributed by atoms with Gasteiger partial charge in [0, 0.05) is 8.95 Å². The number of hydrazine groups is 1. The van der Waals surface area contributed by atoms with Gasteiger partial charge in [-0.15, -0.1) is 0 Å². The third-order valence-electron chi connectivity index (χ3n) is 3.32. The Balaban J connectivity index is 1.68. The smallest absolute Gasteiger partial charge is 0.276 e. The molecular weight excluding hydrogens is 594 g/mol. The predicted octanol–water partition coefficient (Wildman–Crippen LogP) is 3.76. The van der Waals surface area contributed by atoms with Gasteiger partial charge in [0.25, 0.3) is 11.8 Å². The maximum atomic E-state index is 11.9. The number of carbonyl (C=O) groups excluding carboxylic acids is 2. The van der Waals surface area contributed by atoms with Crippen molar-refractivity contribution in [3.63, 3.8) is 0 Å². The molecule has 154 valence electrons. The van der Waals surface area contributed by atoms with Gasteiger partial charge in [-0.25, -0.2) is 0 Å². The summed E-state index contributed by atoms with van der Waals surface area (Å²) in [6, 6.07) is 10.7. The number of carbonyl (C=O) groups is 2. The largest absolute Gasteiger partial charge is 0.484 e. The summed E-state index contributed by atoms with van der Waals surface area (Å²) in [5, 5.41) is 2.33. The fourth-order valence-electron chi connectivity index (χ4n) is 1.95. The van der Waals surface area contributed by atoms with E-state index in [1.807, 2.05) is 13.0 Å². The average Bonchev–Trinajstić information content (AvgIpc) is 2.66. The van der Waals surface area contributed by atoms with Crippen LogP contribution in [0.15, 0.2) is 49.8 Å². The first kappa shape index (κ1) is 23.6. The highest BCUT2D eigenvalue weighted by Gasteiger charge is 2.09. The number of amides is 2. The molecule has 0 unspecified atom stereocenters. The lowest BCUT2D eigenvalue weighted by Gasteiger charge is -2.12. The summed E-state index contributed by atoms with van der Waals surface area (Å²) in [5.74, 6) is 0.134. The van der Waals surface area contributed by atoms with Crippen molar-refractivity contribution in [3.05, 3.63) is 55.4 Å². The van der Waals surface area contributed by atoms with Gasteiger partial charge in [0.05, 0.1) is 4.47 Å². The fourth-order valence-corrected chi connectivity index (χ4v) is 3.52. The standard InChI is InChI=1S/C18H16Br3N3O4S/c1-10-6-12(3-4-13(10)20)27-8-16(25)22-18(29)24-23-17(26)9-28-15-5-2-11(19)7-14(15)21/h2-7H,8-9H2,1H3,(H,23,26)(H2,22,24,25,29). The van der Waals surface area contributed by atoms with Gasteiger partial charge in [-0.1, -0.05) is 31.9 Å². The molecule has 0 aromatic heterocycles. The van der Waals surface area contributed by atoms with Crippen LogP contribution in [0, 0.1) is 6.92 Å². The van der Waals surface area contributed by atoms with E-state index < -0.39 is 11.8 Å². The van der Waals surface area contributed by atoms with Gasteiger partial charge in [-0.2, -0.15) is 0 Å². The molecule has 0 fully saturated rings. The Morgan fingerprint density at radius 1 is 0.931 bits per heavy atom. The van der Waals surface area contributed by atoms with Gasteiger partial charge in [0.2, 0.25) is 0 Å². The number of hydrogen-bond acceptors (Lipinski definition) is 5. The van der Waals surface area contributed by atoms with Crippen LogP contribution in [0.25, 0.3) is 0 Å². The molecule has 0 aliphatic rings. The van der Waals surface area contributed by atoms with Crippen molar-refractivity contribution < 1.29 is 19.1 Å². The van der Waals surface area contributed by atoms with Gasteiger partial charge in [-0.05, 0) is 77.0 Å². The van der Waals surface area contributed by atoms with E-state index in [9.17, 15) is 9.59 Å². The Morgan fingerprint density at radius 3 is 2.34 bits per heavy atom. The van der Waals surface area contributed by atoms with Crippen molar-refractivity contribution in [2.45, 2.75) is 6.92 Å². The molecule has 2 aromatic rings. The maximum Gasteiger partial charge on any atom is 0.276 e. The van der Waals surface area contributed by atoms with Crippen LogP contribution in [0.5, 0.6) is 11.5 Å². The predicted molar refractivity (Wildman–Crippen MR) is 124 cm³/mol. The van der Waals surface area contributed by atoms with Crippen molar-refractivity contribution in [1.29, 1.82) is 0 Å². The molecule has 0 heterocycles. The van der Waals surface area contributed by atoms with E-state index in [1.54, 1.807) is 30.3 Å². The minimum absolute atomic E-state index is 0.0660. The molecule has 0 aliphatic heterocycles. The van der Waals surface area contributed by atoms with Crippen molar-refractivity contribution in [2.75, 3.05) is 13.2 Å². The van der Waals surface area contributed by atoms with E-state index in [4.69, 9.17) is 21.7 Å². The first-order chi connectivity index (χ1) is 13.7. The van der Waals surface area contributed by atoms with Crippen LogP contribution in [-0.4, -0.2) is 30.1 Å². The molecule has 0 atom stereocenters. The number of ether oxygens (including phenoxy) is 2. The van der Waals surface area contributed by atoms with E-state index in [-0.39, 0.29) is 18.3 Å². The number of nitrogens with one attached hydrogen (secondary N) is 3. The Kier molecular flexibility index (Phi) is 9.34. The van der Waals surface area contributed by atoms with E-state index in [1.165, 1.54) is 0 Å². The molecule has 3 N–H and O–H groups in total. The van der Waals surface area contributed by atoms with Crippen LogP contribution < -0.4 is 25.6 Å². The maximum absolute atomic E-state index is 11.9. The third kappa shape index (κ3) is 8.29. The monoisotopic (exact) mass is 607 g/mol. The SMILES string of the molecule is Cc1cc(OCC(=O)NC(=S)NNC(=O)COc2ccc(Br)cc2Br)ccc1Br. The Bertz CT molecular complexity index is 927. The lowest BCUT2D eigenvalue weighted by Crippen LogP contribution is -2.50. The van der Waals surface area contributed by atoms with Crippen molar-refractivity contribution in [1.82, 2.24) is 16.2 Å². The van der Waals surface area contributed by atoms with Gasteiger partial charge in [0.1, 0.15) is 11.5 Å². The second-order valence-corrected chi connectivity index (χ2v) is 8.65. The number of thiocarbonyl (C=S) groups is 1. The third-order valence-corrected chi connectivity index (χ3v) is 5.53. The molecule has 29 heavy (non-hydrogen) atoms. The summed E-state index contributed by atoms with van der Waals surface area (Å²) >= 11 is 15.0. The Labute approximate surface area is 198 Å². The van der Waals surface area contributed by atoms with E-state index in [2.05, 4.69) is 64.0 Å². The number of halogens is 3. The molecule has 2 rings (SSSR count). The second-order valence-electron chi connectivity index (χ2n) is 5.61. The van der Waals surface area contributed by atoms with Crippen LogP contribution in [0.4, 0.5) is 0 Å². The highest BCUT2D eigenvalue weighted by Crippen LogP contribution is 2.28. The van der Waals surface area contributed by atoms with Crippen molar-refractivity contribution >= 4 is 76.9 Å². The molecule has 0 saturated heterocycles. The summed E-state index contributed by atoms with van der Waals surface area (Å²) in [4.78, 5) is 23.7. The summed E-state index contributed by atoms with van der Waals surface area (Å²) < 4.78 is 13.3. The molecule has 2 aromatic carbocycles. The van der Waals surface area contributed by atoms with E-state index >= 15 is 0 Å². The molecule has 0 bridgehead atoms. The topological polar surface area (TPSA) is 88.7 Å². The summed E-state index contributed by atoms with van der Waals surface area (Å²) in [6.07, 6.45) is 0. The van der Waals surface area contributed by atoms with Crippen LogP contribution in [-0.2, 0) is 9.59 Å². The van der Waals surface area contributed by atoms with Crippen molar-refractivity contribution in [2.24, 2.45) is 0 Å². The van der Waals surface area contributed by atoms with Crippen LogP contribution in [0.1, 0.15) is 5.56 Å². The first-order valence-electron chi connectivity index (χ1n) is 8.10. The van der Waals surface area contributed by atoms with Crippen molar-refractivity contribution in [3.8, 4) is 11.5 Å². The molecule has 0 radical (unpaired) electrons. The zero-order valence-electron chi connectivity index (χ0n) is 15.1. The number of hydrogen-bond donors (Lipinski definition) is 3. The Hall–Kier alpha value is -1.69. The summed E-state index contributed by atoms with van der Waals surface area (Å²) in [6.45, 7) is 1.45. The zero-order chi connectivity index (χ0) is 21.4.